The quantitative estimate of drug-likeness (QED) is 0.437. The fourth-order valence-electron chi connectivity index (χ4n) is 4.26. The van der Waals surface area contributed by atoms with Crippen molar-refractivity contribution in [1.29, 1.82) is 0 Å². The van der Waals surface area contributed by atoms with Gasteiger partial charge in [0.25, 0.3) is 11.8 Å². The predicted octanol–water partition coefficient (Wildman–Crippen LogP) is 4.30. The molecule has 4 rings (SSSR count). The normalized spacial score (nSPS) is 14.3. The van der Waals surface area contributed by atoms with Crippen LogP contribution in [0.1, 0.15) is 54.1 Å². The van der Waals surface area contributed by atoms with E-state index in [9.17, 15) is 14.4 Å². The van der Waals surface area contributed by atoms with Gasteiger partial charge < -0.3 is 19.8 Å². The summed E-state index contributed by atoms with van der Waals surface area (Å²) in [6.45, 7) is 1.93. The van der Waals surface area contributed by atoms with E-state index in [1.165, 1.54) is 22.5 Å². The molecule has 0 bridgehead atoms. The minimum Gasteiger partial charge on any atom is -0.492 e. The third-order valence-corrected chi connectivity index (χ3v) is 6.73. The first kappa shape index (κ1) is 24.5. The first-order valence-corrected chi connectivity index (χ1v) is 12.7. The molecule has 8 nitrogen and oxygen atoms in total. The van der Waals surface area contributed by atoms with Gasteiger partial charge in [0, 0.05) is 6.04 Å². The van der Waals surface area contributed by atoms with Crippen molar-refractivity contribution < 1.29 is 23.5 Å². The van der Waals surface area contributed by atoms with E-state index in [1.807, 2.05) is 6.92 Å². The van der Waals surface area contributed by atoms with Crippen molar-refractivity contribution in [3.63, 3.8) is 0 Å². The molecule has 0 radical (unpaired) electrons. The molecule has 1 aliphatic carbocycles. The summed E-state index contributed by atoms with van der Waals surface area (Å²) in [7, 11) is 0. The van der Waals surface area contributed by atoms with Gasteiger partial charge in [-0.1, -0.05) is 31.0 Å². The number of rotatable bonds is 10. The smallest absolute Gasteiger partial charge is 0.261 e. The number of hydrogen-bond acceptors (Lipinski definition) is 6. The van der Waals surface area contributed by atoms with Gasteiger partial charge in [-0.25, -0.2) is 0 Å². The maximum atomic E-state index is 13.7. The lowest BCUT2D eigenvalue weighted by Crippen LogP contribution is -2.49. The van der Waals surface area contributed by atoms with Gasteiger partial charge in [-0.3, -0.25) is 19.3 Å². The molecule has 2 aromatic heterocycles. The number of furan rings is 1. The SMILES string of the molecule is CCOc1ccccc1N(C(=O)CNC(=O)c1cccs1)[C@@H](C(=O)NC1CCCC1)c1ccco1. The highest BCUT2D eigenvalue weighted by atomic mass is 32.1. The van der Waals surface area contributed by atoms with Crippen molar-refractivity contribution in [2.45, 2.75) is 44.7 Å². The van der Waals surface area contributed by atoms with Crippen molar-refractivity contribution in [3.8, 4) is 5.75 Å². The van der Waals surface area contributed by atoms with Crippen molar-refractivity contribution in [3.05, 3.63) is 70.8 Å². The molecule has 1 aliphatic rings. The van der Waals surface area contributed by atoms with Gasteiger partial charge in [-0.2, -0.15) is 0 Å². The summed E-state index contributed by atoms with van der Waals surface area (Å²) in [5.74, 6) is -0.375. The molecule has 9 heteroatoms. The van der Waals surface area contributed by atoms with Crippen LogP contribution in [0.25, 0.3) is 0 Å². The second-order valence-corrected chi connectivity index (χ2v) is 9.18. The first-order valence-electron chi connectivity index (χ1n) is 11.8. The van der Waals surface area contributed by atoms with Gasteiger partial charge in [0.1, 0.15) is 11.5 Å². The van der Waals surface area contributed by atoms with Crippen LogP contribution in [0.5, 0.6) is 5.75 Å². The molecular formula is C26H29N3O5S. The Labute approximate surface area is 208 Å². The van der Waals surface area contributed by atoms with Crippen LogP contribution >= 0.6 is 11.3 Å². The van der Waals surface area contributed by atoms with E-state index in [-0.39, 0.29) is 24.4 Å². The minimum atomic E-state index is -1.07. The summed E-state index contributed by atoms with van der Waals surface area (Å²) in [4.78, 5) is 41.7. The largest absolute Gasteiger partial charge is 0.492 e. The molecule has 0 aliphatic heterocycles. The summed E-state index contributed by atoms with van der Waals surface area (Å²) in [5.41, 5.74) is 0.424. The Bertz CT molecular complexity index is 1120. The molecule has 1 saturated carbocycles. The van der Waals surface area contributed by atoms with Crippen molar-refractivity contribution in [2.75, 3.05) is 18.1 Å². The summed E-state index contributed by atoms with van der Waals surface area (Å²) < 4.78 is 11.4. The lowest BCUT2D eigenvalue weighted by molar-refractivity contribution is -0.127. The van der Waals surface area contributed by atoms with Gasteiger partial charge in [-0.05, 0) is 55.5 Å². The van der Waals surface area contributed by atoms with E-state index in [1.54, 1.807) is 53.9 Å². The van der Waals surface area contributed by atoms with Crippen LogP contribution in [0.2, 0.25) is 0 Å². The van der Waals surface area contributed by atoms with Crippen molar-refractivity contribution in [1.82, 2.24) is 10.6 Å². The highest BCUT2D eigenvalue weighted by molar-refractivity contribution is 7.12. The lowest BCUT2D eigenvalue weighted by atomic mass is 10.1. The van der Waals surface area contributed by atoms with Crippen LogP contribution in [0.4, 0.5) is 5.69 Å². The highest BCUT2D eigenvalue weighted by Crippen LogP contribution is 2.35. The molecule has 3 aromatic rings. The minimum absolute atomic E-state index is 0.0533. The Morgan fingerprint density at radius 2 is 1.91 bits per heavy atom. The average molecular weight is 496 g/mol. The fourth-order valence-corrected chi connectivity index (χ4v) is 4.90. The number of carbonyl (C=O) groups excluding carboxylic acids is 3. The Kier molecular flexibility index (Phi) is 8.20. The number of nitrogens with one attached hydrogen (secondary N) is 2. The van der Waals surface area contributed by atoms with Crippen LogP contribution in [0.3, 0.4) is 0 Å². The van der Waals surface area contributed by atoms with Crippen LogP contribution in [0.15, 0.2) is 64.6 Å². The number of anilines is 1. The molecular weight excluding hydrogens is 466 g/mol. The standard InChI is InChI=1S/C26H29N3O5S/c1-2-33-20-12-6-5-11-19(20)29(23(30)17-27-25(31)22-14-8-16-35-22)24(21-13-7-15-34-21)26(32)28-18-9-3-4-10-18/h5-8,11-16,18,24H,2-4,9-10,17H2,1H3,(H,27,31)(H,28,32)/t24-/m1/s1. The summed E-state index contributed by atoms with van der Waals surface area (Å²) in [5, 5.41) is 7.56. The second-order valence-electron chi connectivity index (χ2n) is 8.23. The van der Waals surface area contributed by atoms with Gasteiger partial charge in [-0.15, -0.1) is 11.3 Å². The molecule has 2 N–H and O–H groups in total. The Morgan fingerprint density at radius 3 is 2.60 bits per heavy atom. The van der Waals surface area contributed by atoms with Crippen LogP contribution < -0.4 is 20.3 Å². The third-order valence-electron chi connectivity index (χ3n) is 5.86. The van der Waals surface area contributed by atoms with Crippen LogP contribution in [-0.2, 0) is 9.59 Å². The number of para-hydroxylation sites is 2. The summed E-state index contributed by atoms with van der Waals surface area (Å²) in [6.07, 6.45) is 5.39. The molecule has 1 fully saturated rings. The van der Waals surface area contributed by atoms with Crippen molar-refractivity contribution >= 4 is 34.7 Å². The average Bonchev–Trinajstić information content (AvgIpc) is 3.65. The zero-order chi connectivity index (χ0) is 24.6. The number of ether oxygens (including phenoxy) is 1. The number of nitrogens with zero attached hydrogens (tertiary/aromatic N) is 1. The third kappa shape index (κ3) is 5.92. The lowest BCUT2D eigenvalue weighted by Gasteiger charge is -2.32. The van der Waals surface area contributed by atoms with Crippen LogP contribution in [0, 0.1) is 0 Å². The summed E-state index contributed by atoms with van der Waals surface area (Å²) in [6, 6.07) is 12.8. The van der Waals surface area contributed by atoms with Crippen molar-refractivity contribution in [2.24, 2.45) is 0 Å². The zero-order valence-corrected chi connectivity index (χ0v) is 20.4. The topological polar surface area (TPSA) is 101 Å². The van der Waals surface area contributed by atoms with E-state index < -0.39 is 11.9 Å². The Balaban J connectivity index is 1.68. The molecule has 2 heterocycles. The molecule has 3 amide bonds. The van der Waals surface area contributed by atoms with Gasteiger partial charge in [0.05, 0.1) is 30.0 Å². The molecule has 1 atom stereocenters. The van der Waals surface area contributed by atoms with E-state index in [4.69, 9.17) is 9.15 Å². The number of amides is 3. The fraction of sp³-hybridized carbons (Fsp3) is 0.346. The second kappa shape index (κ2) is 11.7. The molecule has 0 unspecified atom stereocenters. The number of carbonyl (C=O) groups is 3. The Morgan fingerprint density at radius 1 is 1.11 bits per heavy atom. The number of benzene rings is 1. The monoisotopic (exact) mass is 495 g/mol. The number of thiophene rings is 1. The summed E-state index contributed by atoms with van der Waals surface area (Å²) >= 11 is 1.29. The molecule has 184 valence electrons. The highest BCUT2D eigenvalue weighted by Gasteiger charge is 2.37. The molecule has 1 aromatic carbocycles. The molecule has 35 heavy (non-hydrogen) atoms. The van der Waals surface area contributed by atoms with E-state index in [0.29, 0.717) is 28.7 Å². The molecule has 0 saturated heterocycles. The van der Waals surface area contributed by atoms with E-state index >= 15 is 0 Å². The van der Waals surface area contributed by atoms with Gasteiger partial charge in [0.15, 0.2) is 6.04 Å². The van der Waals surface area contributed by atoms with E-state index in [0.717, 1.165) is 25.7 Å². The van der Waals surface area contributed by atoms with Gasteiger partial charge >= 0.3 is 0 Å². The zero-order valence-electron chi connectivity index (χ0n) is 19.6. The maximum absolute atomic E-state index is 13.7. The van der Waals surface area contributed by atoms with Crippen LogP contribution in [-0.4, -0.2) is 36.9 Å². The number of hydrogen-bond donors (Lipinski definition) is 2. The maximum Gasteiger partial charge on any atom is 0.261 e. The van der Waals surface area contributed by atoms with Gasteiger partial charge in [0.2, 0.25) is 5.91 Å². The van der Waals surface area contributed by atoms with E-state index in [2.05, 4.69) is 10.6 Å². The first-order chi connectivity index (χ1) is 17.1. The molecule has 0 spiro atoms. The predicted molar refractivity (Wildman–Crippen MR) is 134 cm³/mol. The Hall–Kier alpha value is -3.59.